The quantitative estimate of drug-likeness (QED) is 0.379. The summed E-state index contributed by atoms with van der Waals surface area (Å²) in [5, 5.41) is 11.3. The molecule has 5 N–H and O–H groups in total. The minimum atomic E-state index is -0.344. The molecular weight excluding hydrogens is 296 g/mol. The molecule has 0 saturated carbocycles. The Hall–Kier alpha value is -2.28. The SMILES string of the molecule is Nc1cccc(NC(=O)N2CCC(CCCC(=O)NO)CC2)c1. The highest BCUT2D eigenvalue weighted by Crippen LogP contribution is 2.23. The predicted octanol–water partition coefficient (Wildman–Crippen LogP) is 2.19. The second-order valence-corrected chi connectivity index (χ2v) is 5.91. The van der Waals surface area contributed by atoms with Gasteiger partial charge in [-0.05, 0) is 49.8 Å². The Morgan fingerprint density at radius 1 is 1.30 bits per heavy atom. The van der Waals surface area contributed by atoms with Crippen LogP contribution in [0.5, 0.6) is 0 Å². The van der Waals surface area contributed by atoms with E-state index in [1.807, 2.05) is 6.07 Å². The number of hydrogen-bond acceptors (Lipinski definition) is 4. The summed E-state index contributed by atoms with van der Waals surface area (Å²) in [6, 6.07) is 7.02. The van der Waals surface area contributed by atoms with Crippen molar-refractivity contribution in [2.24, 2.45) is 5.92 Å². The Bertz CT molecular complexity index is 542. The third-order valence-electron chi connectivity index (χ3n) is 4.18. The molecule has 0 atom stereocenters. The van der Waals surface area contributed by atoms with Crippen LogP contribution in [0.1, 0.15) is 32.1 Å². The van der Waals surface area contributed by atoms with Crippen molar-refractivity contribution in [2.45, 2.75) is 32.1 Å². The summed E-state index contributed by atoms with van der Waals surface area (Å²) in [7, 11) is 0. The van der Waals surface area contributed by atoms with Crippen LogP contribution in [-0.4, -0.2) is 35.1 Å². The summed E-state index contributed by atoms with van der Waals surface area (Å²) in [5.74, 6) is 0.182. The molecular formula is C16H24N4O3. The number of rotatable bonds is 5. The lowest BCUT2D eigenvalue weighted by Crippen LogP contribution is -2.41. The monoisotopic (exact) mass is 320 g/mol. The van der Waals surface area contributed by atoms with Crippen LogP contribution in [0.3, 0.4) is 0 Å². The number of nitrogens with two attached hydrogens (primary N) is 1. The number of hydroxylamine groups is 1. The summed E-state index contributed by atoms with van der Waals surface area (Å²) in [5.41, 5.74) is 8.66. The molecule has 7 nitrogen and oxygen atoms in total. The first kappa shape index (κ1) is 17.1. The second-order valence-electron chi connectivity index (χ2n) is 5.91. The molecule has 1 aromatic rings. The van der Waals surface area contributed by atoms with Gasteiger partial charge < -0.3 is 16.0 Å². The number of anilines is 2. The fourth-order valence-corrected chi connectivity index (χ4v) is 2.85. The number of likely N-dealkylation sites (tertiary alicyclic amines) is 1. The van der Waals surface area contributed by atoms with E-state index >= 15 is 0 Å². The summed E-state index contributed by atoms with van der Waals surface area (Å²) in [6.45, 7) is 1.43. The molecule has 1 aliphatic rings. The Morgan fingerprint density at radius 3 is 2.70 bits per heavy atom. The molecule has 3 amide bonds. The molecule has 126 valence electrons. The Labute approximate surface area is 135 Å². The van der Waals surface area contributed by atoms with Crippen LogP contribution in [0.15, 0.2) is 24.3 Å². The van der Waals surface area contributed by atoms with Gasteiger partial charge in [0.15, 0.2) is 0 Å². The van der Waals surface area contributed by atoms with Gasteiger partial charge in [-0.2, -0.15) is 0 Å². The highest BCUT2D eigenvalue weighted by Gasteiger charge is 2.22. The van der Waals surface area contributed by atoms with E-state index in [9.17, 15) is 9.59 Å². The van der Waals surface area contributed by atoms with E-state index in [0.717, 1.165) is 25.7 Å². The van der Waals surface area contributed by atoms with Gasteiger partial charge in [-0.3, -0.25) is 10.0 Å². The number of urea groups is 1. The zero-order chi connectivity index (χ0) is 16.7. The molecule has 2 rings (SSSR count). The lowest BCUT2D eigenvalue weighted by molar-refractivity contribution is -0.129. The van der Waals surface area contributed by atoms with E-state index in [1.54, 1.807) is 28.6 Å². The maximum atomic E-state index is 12.2. The van der Waals surface area contributed by atoms with Crippen LogP contribution < -0.4 is 16.5 Å². The van der Waals surface area contributed by atoms with Crippen molar-refractivity contribution < 1.29 is 14.8 Å². The summed E-state index contributed by atoms with van der Waals surface area (Å²) in [4.78, 5) is 25.0. The van der Waals surface area contributed by atoms with E-state index < -0.39 is 0 Å². The van der Waals surface area contributed by atoms with Gasteiger partial charge in [0, 0.05) is 30.9 Å². The van der Waals surface area contributed by atoms with Crippen molar-refractivity contribution in [3.63, 3.8) is 0 Å². The Kier molecular flexibility index (Phi) is 6.22. The molecule has 0 spiro atoms. The molecule has 0 aliphatic carbocycles. The highest BCUT2D eigenvalue weighted by atomic mass is 16.5. The van der Waals surface area contributed by atoms with Gasteiger partial charge in [0.05, 0.1) is 0 Å². The summed E-state index contributed by atoms with van der Waals surface area (Å²) in [6.07, 6.45) is 3.91. The molecule has 1 saturated heterocycles. The largest absolute Gasteiger partial charge is 0.399 e. The number of nitrogens with one attached hydrogen (secondary N) is 2. The van der Waals surface area contributed by atoms with Crippen molar-refractivity contribution in [1.29, 1.82) is 0 Å². The summed E-state index contributed by atoms with van der Waals surface area (Å²) < 4.78 is 0. The highest BCUT2D eigenvalue weighted by molar-refractivity contribution is 5.89. The second kappa shape index (κ2) is 8.38. The molecule has 7 heteroatoms. The van der Waals surface area contributed by atoms with Gasteiger partial charge in [0.1, 0.15) is 0 Å². The van der Waals surface area contributed by atoms with Crippen molar-refractivity contribution in [3.8, 4) is 0 Å². The zero-order valence-electron chi connectivity index (χ0n) is 13.1. The normalized spacial score (nSPS) is 15.3. The third-order valence-corrected chi connectivity index (χ3v) is 4.18. The van der Waals surface area contributed by atoms with E-state index in [-0.39, 0.29) is 11.9 Å². The molecule has 0 aromatic heterocycles. The van der Waals surface area contributed by atoms with Crippen LogP contribution in [0.4, 0.5) is 16.2 Å². The number of nitrogens with zero attached hydrogens (tertiary/aromatic N) is 1. The van der Waals surface area contributed by atoms with Crippen LogP contribution in [0.25, 0.3) is 0 Å². The number of piperidine rings is 1. The first-order valence-corrected chi connectivity index (χ1v) is 7.93. The third kappa shape index (κ3) is 5.45. The molecule has 1 heterocycles. The van der Waals surface area contributed by atoms with Crippen LogP contribution in [-0.2, 0) is 4.79 Å². The number of benzene rings is 1. The average molecular weight is 320 g/mol. The van der Waals surface area contributed by atoms with Crippen molar-refractivity contribution in [1.82, 2.24) is 10.4 Å². The topological polar surface area (TPSA) is 108 Å². The lowest BCUT2D eigenvalue weighted by atomic mass is 9.91. The van der Waals surface area contributed by atoms with Gasteiger partial charge in [-0.25, -0.2) is 10.3 Å². The predicted molar refractivity (Wildman–Crippen MR) is 88.0 cm³/mol. The van der Waals surface area contributed by atoms with E-state index in [1.165, 1.54) is 0 Å². The first-order valence-electron chi connectivity index (χ1n) is 7.93. The minimum Gasteiger partial charge on any atom is -0.399 e. The van der Waals surface area contributed by atoms with E-state index in [2.05, 4.69) is 5.32 Å². The number of carbonyl (C=O) groups excluding carboxylic acids is 2. The van der Waals surface area contributed by atoms with Crippen LogP contribution >= 0.6 is 0 Å². The molecule has 0 unspecified atom stereocenters. The Balaban J connectivity index is 1.71. The zero-order valence-corrected chi connectivity index (χ0v) is 13.1. The van der Waals surface area contributed by atoms with Gasteiger partial charge in [-0.1, -0.05) is 6.07 Å². The minimum absolute atomic E-state index is 0.103. The molecule has 0 bridgehead atoms. The van der Waals surface area contributed by atoms with Gasteiger partial charge in [-0.15, -0.1) is 0 Å². The number of carbonyl (C=O) groups is 2. The number of nitrogen functional groups attached to an aromatic ring is 1. The maximum absolute atomic E-state index is 12.2. The molecule has 23 heavy (non-hydrogen) atoms. The maximum Gasteiger partial charge on any atom is 0.321 e. The number of amides is 3. The fraction of sp³-hybridized carbons (Fsp3) is 0.500. The van der Waals surface area contributed by atoms with E-state index in [0.29, 0.717) is 36.8 Å². The van der Waals surface area contributed by atoms with Crippen LogP contribution in [0.2, 0.25) is 0 Å². The first-order chi connectivity index (χ1) is 11.1. The fourth-order valence-electron chi connectivity index (χ4n) is 2.85. The number of hydrogen-bond donors (Lipinski definition) is 4. The van der Waals surface area contributed by atoms with Crippen molar-refractivity contribution in [2.75, 3.05) is 24.1 Å². The van der Waals surface area contributed by atoms with Crippen molar-refractivity contribution in [3.05, 3.63) is 24.3 Å². The molecule has 1 aliphatic heterocycles. The smallest absolute Gasteiger partial charge is 0.321 e. The van der Waals surface area contributed by atoms with Gasteiger partial charge >= 0.3 is 6.03 Å². The lowest BCUT2D eigenvalue weighted by Gasteiger charge is -2.32. The standard InChI is InChI=1S/C16H24N4O3/c17-13-4-2-5-14(11-13)18-16(22)20-9-7-12(8-10-20)3-1-6-15(21)19-23/h2,4-5,11-12,23H,1,3,6-10,17H2,(H,18,22)(H,19,21). The molecule has 0 radical (unpaired) electrons. The molecule has 1 aromatic carbocycles. The van der Waals surface area contributed by atoms with Gasteiger partial charge in [0.25, 0.3) is 0 Å². The van der Waals surface area contributed by atoms with E-state index in [4.69, 9.17) is 10.9 Å². The Morgan fingerprint density at radius 2 is 2.04 bits per heavy atom. The van der Waals surface area contributed by atoms with Gasteiger partial charge in [0.2, 0.25) is 5.91 Å². The summed E-state index contributed by atoms with van der Waals surface area (Å²) >= 11 is 0. The van der Waals surface area contributed by atoms with Crippen molar-refractivity contribution >= 4 is 23.3 Å². The molecule has 1 fully saturated rings. The average Bonchev–Trinajstić information content (AvgIpc) is 2.55. The van der Waals surface area contributed by atoms with Crippen LogP contribution in [0, 0.1) is 5.92 Å².